The molecule has 0 amide bonds. The number of halogens is 1. The number of aromatic nitrogens is 3. The van der Waals surface area contributed by atoms with Crippen molar-refractivity contribution >= 4 is 29.5 Å². The van der Waals surface area contributed by atoms with Crippen molar-refractivity contribution in [1.29, 1.82) is 0 Å². The minimum Gasteiger partial charge on any atom is -0.469 e. The first-order valence-electron chi connectivity index (χ1n) is 6.24. The highest BCUT2D eigenvalue weighted by atomic mass is 35.5. The Labute approximate surface area is 121 Å². The summed E-state index contributed by atoms with van der Waals surface area (Å²) in [6.45, 7) is 3.06. The van der Waals surface area contributed by atoms with Gasteiger partial charge < -0.3 is 19.7 Å². The van der Waals surface area contributed by atoms with Crippen LogP contribution in [0.2, 0.25) is 5.28 Å². The lowest BCUT2D eigenvalue weighted by Gasteiger charge is -2.26. The molecule has 20 heavy (non-hydrogen) atoms. The Bertz CT molecular complexity index is 467. The summed E-state index contributed by atoms with van der Waals surface area (Å²) < 4.78 is 9.82. The van der Waals surface area contributed by atoms with E-state index in [0.717, 1.165) is 0 Å². The van der Waals surface area contributed by atoms with E-state index >= 15 is 0 Å². The molecule has 0 bridgehead atoms. The van der Waals surface area contributed by atoms with Crippen LogP contribution >= 0.6 is 11.6 Å². The fraction of sp³-hybridized carbons (Fsp3) is 0.636. The molecule has 0 saturated carbocycles. The van der Waals surface area contributed by atoms with Gasteiger partial charge in [-0.1, -0.05) is 0 Å². The van der Waals surface area contributed by atoms with Crippen molar-refractivity contribution < 1.29 is 14.3 Å². The molecule has 1 aromatic rings. The number of nitrogens with zero attached hydrogens (tertiary/aromatic N) is 4. The SMILES string of the molecule is COC(=O)CCNc1nc(Cl)nc(N2CCOCC2)n1. The number of rotatable bonds is 5. The molecule has 0 spiro atoms. The molecule has 0 unspecified atom stereocenters. The minimum atomic E-state index is -0.300. The molecule has 110 valence electrons. The quantitative estimate of drug-likeness (QED) is 0.779. The van der Waals surface area contributed by atoms with Crippen LogP contribution in [0.3, 0.4) is 0 Å². The van der Waals surface area contributed by atoms with E-state index in [1.54, 1.807) is 0 Å². The molecule has 0 aliphatic carbocycles. The van der Waals surface area contributed by atoms with Crippen molar-refractivity contribution in [3.63, 3.8) is 0 Å². The van der Waals surface area contributed by atoms with E-state index in [1.807, 2.05) is 4.90 Å². The molecule has 1 aliphatic rings. The van der Waals surface area contributed by atoms with Gasteiger partial charge in [0.1, 0.15) is 0 Å². The molecule has 1 fully saturated rings. The van der Waals surface area contributed by atoms with Crippen molar-refractivity contribution in [2.75, 3.05) is 50.2 Å². The third-order valence-electron chi connectivity index (χ3n) is 2.73. The molecule has 1 N–H and O–H groups in total. The Hall–Kier alpha value is -1.67. The number of nitrogens with one attached hydrogen (secondary N) is 1. The average molecular weight is 302 g/mol. The summed E-state index contributed by atoms with van der Waals surface area (Å²) in [4.78, 5) is 25.3. The summed E-state index contributed by atoms with van der Waals surface area (Å²) in [5.41, 5.74) is 0. The Kier molecular flexibility index (Phi) is 5.31. The second kappa shape index (κ2) is 7.20. The molecular formula is C11H16ClN5O3. The predicted molar refractivity (Wildman–Crippen MR) is 73.0 cm³/mol. The number of esters is 1. The fourth-order valence-corrected chi connectivity index (χ4v) is 1.86. The van der Waals surface area contributed by atoms with Crippen molar-refractivity contribution in [3.05, 3.63) is 5.28 Å². The van der Waals surface area contributed by atoms with Crippen LogP contribution in [0.1, 0.15) is 6.42 Å². The van der Waals surface area contributed by atoms with Crippen molar-refractivity contribution in [2.45, 2.75) is 6.42 Å². The number of carbonyl (C=O) groups is 1. The highest BCUT2D eigenvalue weighted by Crippen LogP contribution is 2.14. The Morgan fingerprint density at radius 2 is 2.15 bits per heavy atom. The molecule has 1 aliphatic heterocycles. The lowest BCUT2D eigenvalue weighted by Crippen LogP contribution is -2.37. The lowest BCUT2D eigenvalue weighted by molar-refractivity contribution is -0.140. The number of hydrogen-bond acceptors (Lipinski definition) is 8. The first kappa shape index (κ1) is 14.7. The van der Waals surface area contributed by atoms with Gasteiger partial charge in [0.25, 0.3) is 0 Å². The zero-order valence-electron chi connectivity index (χ0n) is 11.1. The summed E-state index contributed by atoms with van der Waals surface area (Å²) in [6.07, 6.45) is 0.229. The number of hydrogen-bond donors (Lipinski definition) is 1. The van der Waals surface area contributed by atoms with Crippen molar-refractivity contribution in [1.82, 2.24) is 15.0 Å². The van der Waals surface area contributed by atoms with Crippen molar-refractivity contribution in [2.24, 2.45) is 0 Å². The van der Waals surface area contributed by atoms with Crippen molar-refractivity contribution in [3.8, 4) is 0 Å². The van der Waals surface area contributed by atoms with Crippen LogP contribution in [0.25, 0.3) is 0 Å². The molecule has 8 nitrogen and oxygen atoms in total. The summed E-state index contributed by atoms with van der Waals surface area (Å²) >= 11 is 5.89. The van der Waals surface area contributed by atoms with Gasteiger partial charge in [-0.25, -0.2) is 0 Å². The van der Waals surface area contributed by atoms with E-state index in [0.29, 0.717) is 44.7 Å². The maximum atomic E-state index is 11.0. The molecule has 1 saturated heterocycles. The van der Waals surface area contributed by atoms with E-state index in [4.69, 9.17) is 16.3 Å². The van der Waals surface area contributed by atoms with Gasteiger partial charge >= 0.3 is 5.97 Å². The Balaban J connectivity index is 1.98. The van der Waals surface area contributed by atoms with Crippen LogP contribution in [0.4, 0.5) is 11.9 Å². The molecule has 0 aromatic carbocycles. The summed E-state index contributed by atoms with van der Waals surface area (Å²) in [5, 5.41) is 3.04. The first-order valence-corrected chi connectivity index (χ1v) is 6.62. The third-order valence-corrected chi connectivity index (χ3v) is 2.90. The van der Waals surface area contributed by atoms with Gasteiger partial charge in [-0.2, -0.15) is 15.0 Å². The highest BCUT2D eigenvalue weighted by molar-refractivity contribution is 6.28. The molecular weight excluding hydrogens is 286 g/mol. The standard InChI is InChI=1S/C11H16ClN5O3/c1-19-8(18)2-3-13-10-14-9(12)15-11(16-10)17-4-6-20-7-5-17/h2-7H2,1H3,(H,13,14,15,16). The lowest BCUT2D eigenvalue weighted by atomic mass is 10.4. The summed E-state index contributed by atoms with van der Waals surface area (Å²) in [5.74, 6) is 0.551. The normalized spacial score (nSPS) is 15.0. The largest absolute Gasteiger partial charge is 0.469 e. The highest BCUT2D eigenvalue weighted by Gasteiger charge is 2.16. The molecule has 2 rings (SSSR count). The second-order valence-corrected chi connectivity index (χ2v) is 4.42. The minimum absolute atomic E-state index is 0.113. The first-order chi connectivity index (χ1) is 9.69. The van der Waals surface area contributed by atoms with Crippen LogP contribution in [0.15, 0.2) is 0 Å². The van der Waals surface area contributed by atoms with E-state index in [2.05, 4.69) is 25.0 Å². The van der Waals surface area contributed by atoms with Gasteiger partial charge in [-0.3, -0.25) is 4.79 Å². The maximum absolute atomic E-state index is 11.0. The molecule has 9 heteroatoms. The van der Waals surface area contributed by atoms with E-state index in [1.165, 1.54) is 7.11 Å². The zero-order valence-corrected chi connectivity index (χ0v) is 11.9. The Morgan fingerprint density at radius 1 is 1.40 bits per heavy atom. The number of ether oxygens (including phenoxy) is 2. The number of anilines is 2. The smallest absolute Gasteiger partial charge is 0.307 e. The fourth-order valence-electron chi connectivity index (χ4n) is 1.70. The van der Waals surface area contributed by atoms with Crippen LogP contribution in [-0.4, -0.2) is 60.9 Å². The number of methoxy groups -OCH3 is 1. The van der Waals surface area contributed by atoms with Crippen LogP contribution < -0.4 is 10.2 Å². The average Bonchev–Trinajstić information content (AvgIpc) is 2.47. The van der Waals surface area contributed by atoms with E-state index in [-0.39, 0.29) is 17.7 Å². The van der Waals surface area contributed by atoms with Gasteiger partial charge in [-0.05, 0) is 11.6 Å². The van der Waals surface area contributed by atoms with E-state index < -0.39 is 0 Å². The van der Waals surface area contributed by atoms with E-state index in [9.17, 15) is 4.79 Å². The van der Waals surface area contributed by atoms with Gasteiger partial charge in [0.15, 0.2) is 0 Å². The number of morpholine rings is 1. The van der Waals surface area contributed by atoms with Gasteiger partial charge in [0.05, 0.1) is 26.7 Å². The molecule has 2 heterocycles. The predicted octanol–water partition coefficient (Wildman–Crippen LogP) is 0.337. The summed E-state index contributed by atoms with van der Waals surface area (Å²) in [6, 6.07) is 0. The third kappa shape index (κ3) is 4.17. The molecule has 0 radical (unpaired) electrons. The zero-order chi connectivity index (χ0) is 14.4. The topological polar surface area (TPSA) is 89.5 Å². The van der Waals surface area contributed by atoms with Gasteiger partial charge in [0.2, 0.25) is 17.2 Å². The van der Waals surface area contributed by atoms with Crippen LogP contribution in [-0.2, 0) is 14.3 Å². The summed E-state index contributed by atoms with van der Waals surface area (Å²) in [7, 11) is 1.35. The second-order valence-electron chi connectivity index (χ2n) is 4.08. The maximum Gasteiger partial charge on any atom is 0.307 e. The Morgan fingerprint density at radius 3 is 2.85 bits per heavy atom. The van der Waals surface area contributed by atoms with Crippen LogP contribution in [0, 0.1) is 0 Å². The van der Waals surface area contributed by atoms with Crippen LogP contribution in [0.5, 0.6) is 0 Å². The van der Waals surface area contributed by atoms with Gasteiger partial charge in [-0.15, -0.1) is 0 Å². The molecule has 0 atom stereocenters. The van der Waals surface area contributed by atoms with Gasteiger partial charge in [0, 0.05) is 19.6 Å². The number of carbonyl (C=O) groups excluding carboxylic acids is 1. The monoisotopic (exact) mass is 301 g/mol. The molecule has 1 aromatic heterocycles.